The Kier molecular flexibility index (Phi) is 1.56. The second kappa shape index (κ2) is 2.22. The highest BCUT2D eigenvalue weighted by molar-refractivity contribution is 5.38. The number of allylic oxidation sites excluding steroid dienone is 5. The summed E-state index contributed by atoms with van der Waals surface area (Å²) in [5.74, 6) is 0. The van der Waals surface area contributed by atoms with Crippen LogP contribution in [0.25, 0.3) is 0 Å². The molecule has 0 saturated heterocycles. The van der Waals surface area contributed by atoms with Crippen molar-refractivity contribution in [2.24, 2.45) is 0 Å². The lowest BCUT2D eigenvalue weighted by Gasteiger charge is -2.08. The predicted molar refractivity (Wildman–Crippen MR) is 41.3 cm³/mol. The lowest BCUT2D eigenvalue weighted by molar-refractivity contribution is 1.08. The number of rotatable bonds is 0. The quantitative estimate of drug-likeness (QED) is 0.461. The molecule has 48 valence electrons. The third-order valence-electron chi connectivity index (χ3n) is 1.42. The average Bonchev–Trinajstić information content (AvgIpc) is 1.59. The zero-order valence-electron chi connectivity index (χ0n) is 6.07. The van der Waals surface area contributed by atoms with Gasteiger partial charge in [-0.1, -0.05) is 29.9 Å². The van der Waals surface area contributed by atoms with Gasteiger partial charge in [0.05, 0.1) is 0 Å². The molecule has 0 aromatic heterocycles. The Bertz CT molecular complexity index is 172. The Morgan fingerprint density at radius 1 is 1.22 bits per heavy atom. The summed E-state index contributed by atoms with van der Waals surface area (Å²) in [6.45, 7) is 8.14. The predicted octanol–water partition coefficient (Wildman–Crippen LogP) is 2.84. The zero-order valence-corrected chi connectivity index (χ0v) is 6.07. The highest BCUT2D eigenvalue weighted by atomic mass is 14.0. The van der Waals surface area contributed by atoms with Crippen molar-refractivity contribution < 1.29 is 0 Å². The van der Waals surface area contributed by atoms with Gasteiger partial charge >= 0.3 is 0 Å². The van der Waals surface area contributed by atoms with Crippen LogP contribution in [-0.2, 0) is 0 Å². The summed E-state index contributed by atoms with van der Waals surface area (Å²) in [5, 5.41) is 0. The smallest absolute Gasteiger partial charge is 0.0107 e. The van der Waals surface area contributed by atoms with Crippen molar-refractivity contribution >= 4 is 0 Å². The molecule has 0 radical (unpaired) electrons. The van der Waals surface area contributed by atoms with Crippen LogP contribution in [-0.4, -0.2) is 0 Å². The summed E-state index contributed by atoms with van der Waals surface area (Å²) in [5.41, 5.74) is 3.97. The molecule has 0 saturated carbocycles. The molecule has 0 fully saturated rings. The van der Waals surface area contributed by atoms with Gasteiger partial charge < -0.3 is 0 Å². The summed E-state index contributed by atoms with van der Waals surface area (Å²) in [6, 6.07) is 0. The molecule has 1 rings (SSSR count). The topological polar surface area (TPSA) is 0 Å². The standard InChI is InChI=1S/C9H12/c1-7-4-8(2)6-9(3)5-7/h4-5H,1,6H2,2-3H3. The van der Waals surface area contributed by atoms with Gasteiger partial charge in [0.2, 0.25) is 0 Å². The third kappa shape index (κ3) is 1.56. The van der Waals surface area contributed by atoms with Gasteiger partial charge in [0.25, 0.3) is 0 Å². The molecule has 1 aliphatic rings. The Balaban J connectivity index is 2.81. The van der Waals surface area contributed by atoms with E-state index in [1.54, 1.807) is 0 Å². The van der Waals surface area contributed by atoms with Gasteiger partial charge in [-0.3, -0.25) is 0 Å². The first-order chi connectivity index (χ1) is 4.18. The molecule has 0 amide bonds. The van der Waals surface area contributed by atoms with E-state index in [2.05, 4.69) is 32.6 Å². The van der Waals surface area contributed by atoms with E-state index in [4.69, 9.17) is 0 Å². The van der Waals surface area contributed by atoms with Crippen LogP contribution in [0, 0.1) is 0 Å². The van der Waals surface area contributed by atoms with Gasteiger partial charge in [-0.25, -0.2) is 0 Å². The van der Waals surface area contributed by atoms with Crippen LogP contribution in [0.2, 0.25) is 0 Å². The molecular weight excluding hydrogens is 108 g/mol. The van der Waals surface area contributed by atoms with Crippen LogP contribution in [0.1, 0.15) is 20.3 Å². The summed E-state index contributed by atoms with van der Waals surface area (Å²) in [7, 11) is 0. The second-order valence-corrected chi connectivity index (χ2v) is 2.73. The molecule has 0 atom stereocenters. The number of hydrogen-bond acceptors (Lipinski definition) is 0. The van der Waals surface area contributed by atoms with Crippen LogP contribution in [0.15, 0.2) is 35.5 Å². The first kappa shape index (κ1) is 6.34. The molecule has 0 aliphatic heterocycles. The van der Waals surface area contributed by atoms with Gasteiger partial charge in [-0.2, -0.15) is 0 Å². The molecule has 0 aromatic carbocycles. The van der Waals surface area contributed by atoms with Crippen molar-refractivity contribution in [3.05, 3.63) is 35.5 Å². The van der Waals surface area contributed by atoms with E-state index in [0.29, 0.717) is 0 Å². The Hall–Kier alpha value is -0.780. The van der Waals surface area contributed by atoms with Crippen molar-refractivity contribution in [2.45, 2.75) is 20.3 Å². The van der Waals surface area contributed by atoms with Gasteiger partial charge in [-0.05, 0) is 25.8 Å². The Labute approximate surface area is 56.6 Å². The minimum atomic E-state index is 1.12. The molecule has 0 aromatic rings. The van der Waals surface area contributed by atoms with Crippen molar-refractivity contribution in [1.82, 2.24) is 0 Å². The SMILES string of the molecule is C=C1C=C(C)CC(C)=C1. The van der Waals surface area contributed by atoms with Gasteiger partial charge in [0.15, 0.2) is 0 Å². The molecule has 0 bridgehead atoms. The highest BCUT2D eigenvalue weighted by Crippen LogP contribution is 2.19. The first-order valence-corrected chi connectivity index (χ1v) is 3.22. The molecule has 0 N–H and O–H groups in total. The molecule has 9 heavy (non-hydrogen) atoms. The average molecular weight is 120 g/mol. The van der Waals surface area contributed by atoms with Gasteiger partial charge in [-0.15, -0.1) is 0 Å². The van der Waals surface area contributed by atoms with Crippen molar-refractivity contribution in [3.63, 3.8) is 0 Å². The van der Waals surface area contributed by atoms with E-state index < -0.39 is 0 Å². The molecule has 1 aliphatic carbocycles. The minimum absolute atomic E-state index is 1.12. The summed E-state index contributed by atoms with van der Waals surface area (Å²) in [6.07, 6.45) is 5.39. The van der Waals surface area contributed by atoms with Crippen LogP contribution in [0.3, 0.4) is 0 Å². The molecular formula is C9H12. The Morgan fingerprint density at radius 2 is 1.67 bits per heavy atom. The summed E-state index contributed by atoms with van der Waals surface area (Å²) in [4.78, 5) is 0. The Morgan fingerprint density at radius 3 is 2.00 bits per heavy atom. The van der Waals surface area contributed by atoms with Gasteiger partial charge in [0.1, 0.15) is 0 Å². The second-order valence-electron chi connectivity index (χ2n) is 2.73. The lowest BCUT2D eigenvalue weighted by atomic mass is 9.98. The fourth-order valence-electron chi connectivity index (χ4n) is 1.22. The number of hydrogen-bond donors (Lipinski definition) is 0. The molecule has 0 heterocycles. The van der Waals surface area contributed by atoms with E-state index in [1.165, 1.54) is 11.1 Å². The fraction of sp³-hybridized carbons (Fsp3) is 0.333. The fourth-order valence-corrected chi connectivity index (χ4v) is 1.22. The van der Waals surface area contributed by atoms with Crippen molar-refractivity contribution in [1.29, 1.82) is 0 Å². The maximum absolute atomic E-state index is 3.86. The summed E-state index contributed by atoms with van der Waals surface area (Å²) < 4.78 is 0. The van der Waals surface area contributed by atoms with E-state index in [0.717, 1.165) is 12.0 Å². The normalized spacial score (nSPS) is 19.1. The van der Waals surface area contributed by atoms with E-state index in [1.807, 2.05) is 0 Å². The van der Waals surface area contributed by atoms with Crippen molar-refractivity contribution in [2.75, 3.05) is 0 Å². The maximum Gasteiger partial charge on any atom is -0.0107 e. The molecule has 0 nitrogen and oxygen atoms in total. The highest BCUT2D eigenvalue weighted by Gasteiger charge is 1.99. The largest absolute Gasteiger partial charge is 0.0918 e. The van der Waals surface area contributed by atoms with Crippen LogP contribution < -0.4 is 0 Å². The lowest BCUT2D eigenvalue weighted by Crippen LogP contribution is -1.88. The molecule has 0 spiro atoms. The van der Waals surface area contributed by atoms with Crippen LogP contribution in [0.5, 0.6) is 0 Å². The van der Waals surface area contributed by atoms with E-state index in [9.17, 15) is 0 Å². The molecule has 0 unspecified atom stereocenters. The van der Waals surface area contributed by atoms with E-state index in [-0.39, 0.29) is 0 Å². The maximum atomic E-state index is 3.86. The zero-order chi connectivity index (χ0) is 6.85. The summed E-state index contributed by atoms with van der Waals surface area (Å²) >= 11 is 0. The van der Waals surface area contributed by atoms with Gasteiger partial charge in [0, 0.05) is 0 Å². The van der Waals surface area contributed by atoms with E-state index >= 15 is 0 Å². The van der Waals surface area contributed by atoms with Crippen molar-refractivity contribution in [3.8, 4) is 0 Å². The first-order valence-electron chi connectivity index (χ1n) is 3.22. The van der Waals surface area contributed by atoms with Crippen LogP contribution in [0.4, 0.5) is 0 Å². The monoisotopic (exact) mass is 120 g/mol. The van der Waals surface area contributed by atoms with Crippen LogP contribution >= 0.6 is 0 Å². The minimum Gasteiger partial charge on any atom is -0.0918 e. The molecule has 0 heteroatoms. The third-order valence-corrected chi connectivity index (χ3v) is 1.42.